The monoisotopic (exact) mass is 263 g/mol. The fraction of sp³-hybridized carbons (Fsp3) is 0.571. The van der Waals surface area contributed by atoms with Gasteiger partial charge in [0.2, 0.25) is 0 Å². The fourth-order valence-electron chi connectivity index (χ4n) is 2.93. The van der Waals surface area contributed by atoms with E-state index in [1.54, 1.807) is 0 Å². The molecule has 3 rings (SSSR count). The van der Waals surface area contributed by atoms with Crippen LogP contribution < -0.4 is 0 Å². The van der Waals surface area contributed by atoms with Crippen LogP contribution in [0.3, 0.4) is 0 Å². The Morgan fingerprint density at radius 1 is 1.28 bits per heavy atom. The first-order valence-corrected chi connectivity index (χ1v) is 7.11. The van der Waals surface area contributed by atoms with Crippen LogP contribution >= 0.6 is 11.6 Å². The van der Waals surface area contributed by atoms with Gasteiger partial charge in [-0.2, -0.15) is 0 Å². The molecule has 0 bridgehead atoms. The van der Waals surface area contributed by atoms with Crippen LogP contribution in [0.5, 0.6) is 0 Å². The zero-order valence-electron chi connectivity index (χ0n) is 10.7. The lowest BCUT2D eigenvalue weighted by Gasteiger charge is -2.22. The van der Waals surface area contributed by atoms with Crippen LogP contribution in [0.25, 0.3) is 11.0 Å². The molecule has 2 aromatic heterocycles. The summed E-state index contributed by atoms with van der Waals surface area (Å²) in [6, 6.07) is 2.03. The van der Waals surface area contributed by atoms with Crippen molar-refractivity contribution in [2.75, 3.05) is 0 Å². The molecule has 2 aromatic rings. The van der Waals surface area contributed by atoms with E-state index in [1.807, 2.05) is 13.0 Å². The van der Waals surface area contributed by atoms with E-state index in [0.717, 1.165) is 29.3 Å². The third kappa shape index (κ3) is 2.24. The van der Waals surface area contributed by atoms with E-state index >= 15 is 0 Å². The molecule has 1 aliphatic rings. The third-order valence-electron chi connectivity index (χ3n) is 3.86. The van der Waals surface area contributed by atoms with Crippen molar-refractivity contribution >= 4 is 22.6 Å². The standard InChI is InChI=1S/C14H18ClN3/c1-10-16-13(15)12-7-8-18(14(12)17-10)9-11-5-3-2-4-6-11/h7-8,11H,2-6,9H2,1H3. The van der Waals surface area contributed by atoms with Gasteiger partial charge in [0.1, 0.15) is 16.6 Å². The van der Waals surface area contributed by atoms with Crippen LogP contribution in [0.2, 0.25) is 5.15 Å². The summed E-state index contributed by atoms with van der Waals surface area (Å²) in [5, 5.41) is 1.54. The van der Waals surface area contributed by atoms with Crippen LogP contribution in [0, 0.1) is 12.8 Å². The number of halogens is 1. The molecule has 2 heterocycles. The highest BCUT2D eigenvalue weighted by Crippen LogP contribution is 2.27. The lowest BCUT2D eigenvalue weighted by Crippen LogP contribution is -2.14. The number of rotatable bonds is 2. The maximum Gasteiger partial charge on any atom is 0.145 e. The van der Waals surface area contributed by atoms with Gasteiger partial charge in [0, 0.05) is 12.7 Å². The molecule has 0 saturated heterocycles. The minimum atomic E-state index is 0.569. The molecule has 0 aliphatic heterocycles. The van der Waals surface area contributed by atoms with E-state index in [0.29, 0.717) is 5.15 Å². The Hall–Kier alpha value is -1.09. The molecule has 0 aromatic carbocycles. The molecule has 0 amide bonds. The zero-order valence-corrected chi connectivity index (χ0v) is 11.5. The molecule has 3 nitrogen and oxygen atoms in total. The summed E-state index contributed by atoms with van der Waals surface area (Å²) in [4.78, 5) is 8.73. The summed E-state index contributed by atoms with van der Waals surface area (Å²) in [5.74, 6) is 1.54. The Morgan fingerprint density at radius 2 is 2.06 bits per heavy atom. The average Bonchev–Trinajstić information content (AvgIpc) is 2.74. The molecule has 0 radical (unpaired) electrons. The van der Waals surface area contributed by atoms with Crippen molar-refractivity contribution in [3.63, 3.8) is 0 Å². The van der Waals surface area contributed by atoms with E-state index in [1.165, 1.54) is 32.1 Å². The van der Waals surface area contributed by atoms with Crippen molar-refractivity contribution in [3.8, 4) is 0 Å². The van der Waals surface area contributed by atoms with Crippen LogP contribution in [0.4, 0.5) is 0 Å². The van der Waals surface area contributed by atoms with Crippen LogP contribution in [-0.2, 0) is 6.54 Å². The molecule has 4 heteroatoms. The number of nitrogens with zero attached hydrogens (tertiary/aromatic N) is 3. The van der Waals surface area contributed by atoms with Gasteiger partial charge in [0.15, 0.2) is 0 Å². The van der Waals surface area contributed by atoms with E-state index in [9.17, 15) is 0 Å². The first-order valence-electron chi connectivity index (χ1n) is 6.73. The van der Waals surface area contributed by atoms with Crippen molar-refractivity contribution in [2.24, 2.45) is 5.92 Å². The van der Waals surface area contributed by atoms with Crippen LogP contribution in [0.1, 0.15) is 37.9 Å². The highest BCUT2D eigenvalue weighted by Gasteiger charge is 2.16. The second-order valence-electron chi connectivity index (χ2n) is 5.27. The molecule has 0 unspecified atom stereocenters. The lowest BCUT2D eigenvalue weighted by molar-refractivity contribution is 0.322. The first-order chi connectivity index (χ1) is 8.74. The summed E-state index contributed by atoms with van der Waals surface area (Å²) in [5.41, 5.74) is 0.984. The van der Waals surface area contributed by atoms with Gasteiger partial charge in [-0.25, -0.2) is 9.97 Å². The summed E-state index contributed by atoms with van der Waals surface area (Å²) in [7, 11) is 0. The van der Waals surface area contributed by atoms with Gasteiger partial charge < -0.3 is 4.57 Å². The molecule has 0 N–H and O–H groups in total. The van der Waals surface area contributed by atoms with Gasteiger partial charge in [-0.1, -0.05) is 30.9 Å². The summed E-state index contributed by atoms with van der Waals surface area (Å²) < 4.78 is 2.24. The fourth-order valence-corrected chi connectivity index (χ4v) is 3.20. The number of hydrogen-bond donors (Lipinski definition) is 0. The minimum Gasteiger partial charge on any atom is -0.332 e. The first kappa shape index (κ1) is 12.0. The maximum atomic E-state index is 6.15. The molecule has 0 atom stereocenters. The van der Waals surface area contributed by atoms with Gasteiger partial charge in [-0.3, -0.25) is 0 Å². The second-order valence-corrected chi connectivity index (χ2v) is 5.63. The lowest BCUT2D eigenvalue weighted by atomic mass is 9.89. The van der Waals surface area contributed by atoms with Crippen molar-refractivity contribution in [2.45, 2.75) is 45.6 Å². The summed E-state index contributed by atoms with van der Waals surface area (Å²) >= 11 is 6.15. The van der Waals surface area contributed by atoms with Crippen molar-refractivity contribution in [3.05, 3.63) is 23.2 Å². The van der Waals surface area contributed by atoms with Crippen LogP contribution in [-0.4, -0.2) is 14.5 Å². The highest BCUT2D eigenvalue weighted by atomic mass is 35.5. The molecular formula is C14H18ClN3. The summed E-state index contributed by atoms with van der Waals surface area (Å²) in [6.07, 6.45) is 8.93. The number of hydrogen-bond acceptors (Lipinski definition) is 2. The predicted octanol–water partition coefficient (Wildman–Crippen LogP) is 3.97. The van der Waals surface area contributed by atoms with Gasteiger partial charge in [-0.15, -0.1) is 0 Å². The van der Waals surface area contributed by atoms with Gasteiger partial charge in [0.25, 0.3) is 0 Å². The van der Waals surface area contributed by atoms with Crippen molar-refractivity contribution < 1.29 is 0 Å². The molecular weight excluding hydrogens is 246 g/mol. The van der Waals surface area contributed by atoms with Crippen LogP contribution in [0.15, 0.2) is 12.3 Å². The average molecular weight is 264 g/mol. The van der Waals surface area contributed by atoms with E-state index < -0.39 is 0 Å². The van der Waals surface area contributed by atoms with Gasteiger partial charge >= 0.3 is 0 Å². The normalized spacial score (nSPS) is 17.4. The minimum absolute atomic E-state index is 0.569. The topological polar surface area (TPSA) is 30.7 Å². The number of fused-ring (bicyclic) bond motifs is 1. The maximum absolute atomic E-state index is 6.15. The Bertz CT molecular complexity index is 555. The largest absolute Gasteiger partial charge is 0.332 e. The second kappa shape index (κ2) is 4.88. The van der Waals surface area contributed by atoms with Gasteiger partial charge in [0.05, 0.1) is 5.39 Å². The van der Waals surface area contributed by atoms with E-state index in [-0.39, 0.29) is 0 Å². The number of aryl methyl sites for hydroxylation is 1. The van der Waals surface area contributed by atoms with E-state index in [2.05, 4.69) is 20.7 Å². The smallest absolute Gasteiger partial charge is 0.145 e. The SMILES string of the molecule is Cc1nc(Cl)c2ccn(CC3CCCCC3)c2n1. The Kier molecular flexibility index (Phi) is 3.25. The van der Waals surface area contributed by atoms with E-state index in [4.69, 9.17) is 11.6 Å². The van der Waals surface area contributed by atoms with Crippen molar-refractivity contribution in [1.82, 2.24) is 14.5 Å². The highest BCUT2D eigenvalue weighted by molar-refractivity contribution is 6.33. The Labute approximate surface area is 112 Å². The molecule has 1 aliphatic carbocycles. The third-order valence-corrected chi connectivity index (χ3v) is 4.15. The molecule has 18 heavy (non-hydrogen) atoms. The molecule has 1 saturated carbocycles. The Balaban J connectivity index is 1.92. The van der Waals surface area contributed by atoms with Crippen molar-refractivity contribution in [1.29, 1.82) is 0 Å². The number of aromatic nitrogens is 3. The molecule has 96 valence electrons. The predicted molar refractivity (Wildman–Crippen MR) is 73.9 cm³/mol. The zero-order chi connectivity index (χ0) is 12.5. The molecule has 0 spiro atoms. The molecule has 1 fully saturated rings. The van der Waals surface area contributed by atoms with Gasteiger partial charge in [-0.05, 0) is 31.7 Å². The summed E-state index contributed by atoms with van der Waals surface area (Å²) in [6.45, 7) is 2.96. The quantitative estimate of drug-likeness (QED) is 0.768. The Morgan fingerprint density at radius 3 is 2.83 bits per heavy atom.